The zero-order valence-electron chi connectivity index (χ0n) is 11.6. The monoisotopic (exact) mass is 284 g/mol. The van der Waals surface area contributed by atoms with Crippen LogP contribution in [0.5, 0.6) is 5.75 Å². The van der Waals surface area contributed by atoms with E-state index >= 15 is 0 Å². The Hall–Kier alpha value is -1.26. The summed E-state index contributed by atoms with van der Waals surface area (Å²) < 4.78 is 5.45. The molecule has 5 heteroatoms. The number of carbonyl (C=O) groups is 1. The van der Waals surface area contributed by atoms with E-state index in [9.17, 15) is 4.79 Å². The van der Waals surface area contributed by atoms with E-state index in [1.165, 1.54) is 0 Å². The Bertz CT molecular complexity index is 435. The molecule has 0 aliphatic carbocycles. The molecule has 4 nitrogen and oxygen atoms in total. The number of benzene rings is 1. The molecule has 0 bridgehead atoms. The lowest BCUT2D eigenvalue weighted by Crippen LogP contribution is -2.36. The van der Waals surface area contributed by atoms with Crippen LogP contribution in [0.1, 0.15) is 19.4 Å². The predicted octanol–water partition coefficient (Wildman–Crippen LogP) is 2.09. The second-order valence-electron chi connectivity index (χ2n) is 4.69. The minimum Gasteiger partial charge on any atom is -0.482 e. The van der Waals surface area contributed by atoms with Gasteiger partial charge in [0.05, 0.1) is 5.02 Å². The van der Waals surface area contributed by atoms with Gasteiger partial charge in [-0.1, -0.05) is 17.7 Å². The Morgan fingerprint density at radius 3 is 2.68 bits per heavy atom. The van der Waals surface area contributed by atoms with Gasteiger partial charge in [0, 0.05) is 13.1 Å². The Morgan fingerprint density at radius 1 is 1.47 bits per heavy atom. The molecule has 0 saturated carbocycles. The summed E-state index contributed by atoms with van der Waals surface area (Å²) in [5.74, 6) is 0.449. The Morgan fingerprint density at radius 2 is 2.16 bits per heavy atom. The largest absolute Gasteiger partial charge is 0.482 e. The Kier molecular flexibility index (Phi) is 6.12. The smallest absolute Gasteiger partial charge is 0.260 e. The van der Waals surface area contributed by atoms with Gasteiger partial charge in [-0.3, -0.25) is 4.79 Å². The van der Waals surface area contributed by atoms with Gasteiger partial charge < -0.3 is 15.4 Å². The third-order valence-corrected chi connectivity index (χ3v) is 3.24. The first-order valence-electron chi connectivity index (χ1n) is 6.32. The van der Waals surface area contributed by atoms with Crippen LogP contribution in [0.15, 0.2) is 18.2 Å². The second-order valence-corrected chi connectivity index (χ2v) is 5.10. The third-order valence-electron chi connectivity index (χ3n) is 2.95. The van der Waals surface area contributed by atoms with Crippen molar-refractivity contribution in [3.63, 3.8) is 0 Å². The van der Waals surface area contributed by atoms with Gasteiger partial charge in [0.2, 0.25) is 0 Å². The number of halogens is 1. The molecule has 0 spiro atoms. The van der Waals surface area contributed by atoms with Crippen molar-refractivity contribution in [3.05, 3.63) is 28.8 Å². The summed E-state index contributed by atoms with van der Waals surface area (Å²) >= 11 is 6.10. The van der Waals surface area contributed by atoms with Crippen molar-refractivity contribution >= 4 is 17.5 Å². The molecule has 1 rings (SSSR count). The van der Waals surface area contributed by atoms with Crippen LogP contribution >= 0.6 is 11.6 Å². The Labute approximate surface area is 119 Å². The highest BCUT2D eigenvalue weighted by molar-refractivity contribution is 6.32. The molecule has 1 aromatic rings. The van der Waals surface area contributed by atoms with Crippen LogP contribution in [0.25, 0.3) is 0 Å². The van der Waals surface area contributed by atoms with Crippen LogP contribution in [-0.2, 0) is 11.2 Å². The van der Waals surface area contributed by atoms with Crippen LogP contribution in [0.2, 0.25) is 5.02 Å². The normalized spacial score (nSPS) is 10.6. The SMILES string of the molecule is CC(C)N(C)C(=O)COc1ccc(CCN)cc1Cl. The molecule has 106 valence electrons. The van der Waals surface area contributed by atoms with E-state index in [1.807, 2.05) is 26.0 Å². The molecule has 0 radical (unpaired) electrons. The van der Waals surface area contributed by atoms with E-state index in [-0.39, 0.29) is 18.6 Å². The fourth-order valence-electron chi connectivity index (χ4n) is 1.51. The van der Waals surface area contributed by atoms with E-state index in [0.29, 0.717) is 17.3 Å². The first kappa shape index (κ1) is 15.8. The van der Waals surface area contributed by atoms with Crippen LogP contribution in [-0.4, -0.2) is 37.0 Å². The molecule has 0 aliphatic rings. The topological polar surface area (TPSA) is 55.6 Å². The highest BCUT2D eigenvalue weighted by Gasteiger charge is 2.13. The molecule has 0 aliphatic heterocycles. The molecule has 0 fully saturated rings. The standard InChI is InChI=1S/C14H21ClN2O2/c1-10(2)17(3)14(18)9-19-13-5-4-11(6-7-16)8-12(13)15/h4-5,8,10H,6-7,9,16H2,1-3H3. The van der Waals surface area contributed by atoms with Crippen molar-refractivity contribution in [1.29, 1.82) is 0 Å². The molecular formula is C14H21ClN2O2. The number of hydrogen-bond acceptors (Lipinski definition) is 3. The van der Waals surface area contributed by atoms with Gasteiger partial charge in [-0.2, -0.15) is 0 Å². The highest BCUT2D eigenvalue weighted by atomic mass is 35.5. The first-order chi connectivity index (χ1) is 8.95. The van der Waals surface area contributed by atoms with Crippen molar-refractivity contribution in [2.75, 3.05) is 20.2 Å². The summed E-state index contributed by atoms with van der Waals surface area (Å²) in [7, 11) is 1.75. The molecule has 0 atom stereocenters. The van der Waals surface area contributed by atoms with Gasteiger partial charge in [-0.25, -0.2) is 0 Å². The maximum absolute atomic E-state index is 11.8. The Balaban J connectivity index is 2.61. The highest BCUT2D eigenvalue weighted by Crippen LogP contribution is 2.25. The van der Waals surface area contributed by atoms with Gasteiger partial charge >= 0.3 is 0 Å². The minimum atomic E-state index is -0.0721. The van der Waals surface area contributed by atoms with E-state index < -0.39 is 0 Å². The molecule has 0 aromatic heterocycles. The van der Waals surface area contributed by atoms with E-state index in [2.05, 4.69) is 0 Å². The van der Waals surface area contributed by atoms with Crippen LogP contribution in [0.3, 0.4) is 0 Å². The number of nitrogens with two attached hydrogens (primary N) is 1. The van der Waals surface area contributed by atoms with E-state index in [1.54, 1.807) is 18.0 Å². The van der Waals surface area contributed by atoms with Gasteiger partial charge in [0.25, 0.3) is 5.91 Å². The molecule has 19 heavy (non-hydrogen) atoms. The molecule has 0 saturated heterocycles. The average molecular weight is 285 g/mol. The predicted molar refractivity (Wildman–Crippen MR) is 77.6 cm³/mol. The maximum Gasteiger partial charge on any atom is 0.260 e. The van der Waals surface area contributed by atoms with Gasteiger partial charge in [0.1, 0.15) is 5.75 Å². The lowest BCUT2D eigenvalue weighted by atomic mass is 10.1. The van der Waals surface area contributed by atoms with Crippen LogP contribution in [0, 0.1) is 0 Å². The number of ether oxygens (including phenoxy) is 1. The zero-order chi connectivity index (χ0) is 14.4. The zero-order valence-corrected chi connectivity index (χ0v) is 12.4. The number of hydrogen-bond donors (Lipinski definition) is 1. The summed E-state index contributed by atoms with van der Waals surface area (Å²) in [4.78, 5) is 13.4. The van der Waals surface area contributed by atoms with Gasteiger partial charge in [-0.15, -0.1) is 0 Å². The number of rotatable bonds is 6. The first-order valence-corrected chi connectivity index (χ1v) is 6.70. The molecule has 0 unspecified atom stereocenters. The number of nitrogens with zero attached hydrogens (tertiary/aromatic N) is 1. The van der Waals surface area contributed by atoms with Crippen LogP contribution in [0.4, 0.5) is 0 Å². The van der Waals surface area contributed by atoms with E-state index in [0.717, 1.165) is 12.0 Å². The van der Waals surface area contributed by atoms with Crippen molar-refractivity contribution < 1.29 is 9.53 Å². The van der Waals surface area contributed by atoms with Crippen molar-refractivity contribution in [3.8, 4) is 5.75 Å². The number of amides is 1. The summed E-state index contributed by atoms with van der Waals surface area (Å²) in [5, 5.41) is 0.506. The van der Waals surface area contributed by atoms with Crippen molar-refractivity contribution in [1.82, 2.24) is 4.90 Å². The minimum absolute atomic E-state index is 0.00929. The van der Waals surface area contributed by atoms with Crippen molar-refractivity contribution in [2.45, 2.75) is 26.3 Å². The molecular weight excluding hydrogens is 264 g/mol. The summed E-state index contributed by atoms with van der Waals surface area (Å²) in [6.07, 6.45) is 0.773. The summed E-state index contributed by atoms with van der Waals surface area (Å²) in [5.41, 5.74) is 6.54. The third kappa shape index (κ3) is 4.73. The van der Waals surface area contributed by atoms with Gasteiger partial charge in [-0.05, 0) is 44.5 Å². The molecule has 1 amide bonds. The lowest BCUT2D eigenvalue weighted by Gasteiger charge is -2.21. The fourth-order valence-corrected chi connectivity index (χ4v) is 1.77. The maximum atomic E-state index is 11.8. The molecule has 0 heterocycles. The average Bonchev–Trinajstić information content (AvgIpc) is 2.36. The molecule has 2 N–H and O–H groups in total. The number of likely N-dealkylation sites (N-methyl/N-ethyl adjacent to an activating group) is 1. The quantitative estimate of drug-likeness (QED) is 0.870. The molecule has 1 aromatic carbocycles. The van der Waals surface area contributed by atoms with Crippen LogP contribution < -0.4 is 10.5 Å². The van der Waals surface area contributed by atoms with Gasteiger partial charge in [0.15, 0.2) is 6.61 Å². The lowest BCUT2D eigenvalue weighted by molar-refractivity contribution is -0.133. The number of carbonyl (C=O) groups excluding carboxylic acids is 1. The van der Waals surface area contributed by atoms with Crippen molar-refractivity contribution in [2.24, 2.45) is 5.73 Å². The fraction of sp³-hybridized carbons (Fsp3) is 0.500. The second kappa shape index (κ2) is 7.36. The summed E-state index contributed by atoms with van der Waals surface area (Å²) in [6.45, 7) is 4.47. The van der Waals surface area contributed by atoms with E-state index in [4.69, 9.17) is 22.1 Å². The summed E-state index contributed by atoms with van der Waals surface area (Å²) in [6, 6.07) is 5.65.